The zero-order valence-electron chi connectivity index (χ0n) is 18.6. The minimum atomic E-state index is -0.188. The average Bonchev–Trinajstić information content (AvgIpc) is 3.36. The topological polar surface area (TPSA) is 92.2 Å². The van der Waals surface area contributed by atoms with Gasteiger partial charge in [0, 0.05) is 43.1 Å². The zero-order valence-corrected chi connectivity index (χ0v) is 18.6. The maximum atomic E-state index is 13.1. The maximum Gasteiger partial charge on any atom is 0.256 e. The van der Waals surface area contributed by atoms with Gasteiger partial charge in [0.15, 0.2) is 0 Å². The quantitative estimate of drug-likeness (QED) is 0.572. The number of anilines is 1. The fourth-order valence-corrected chi connectivity index (χ4v) is 4.46. The summed E-state index contributed by atoms with van der Waals surface area (Å²) in [6.45, 7) is 5.09. The van der Waals surface area contributed by atoms with Gasteiger partial charge in [-0.2, -0.15) is 5.10 Å². The van der Waals surface area contributed by atoms with Gasteiger partial charge >= 0.3 is 0 Å². The van der Waals surface area contributed by atoms with Crippen molar-refractivity contribution >= 4 is 29.2 Å². The van der Waals surface area contributed by atoms with E-state index in [4.69, 9.17) is 4.74 Å². The van der Waals surface area contributed by atoms with Gasteiger partial charge in [-0.25, -0.2) is 0 Å². The van der Waals surface area contributed by atoms with Crippen molar-refractivity contribution in [2.24, 2.45) is 7.05 Å². The summed E-state index contributed by atoms with van der Waals surface area (Å²) in [5, 5.41) is 7.52. The number of aryl methyl sites for hydroxylation is 3. The number of nitrogens with zero attached hydrogens (tertiary/aromatic N) is 3. The fourth-order valence-electron chi connectivity index (χ4n) is 4.46. The number of benzene rings is 1. The van der Waals surface area contributed by atoms with Crippen LogP contribution in [-0.4, -0.2) is 51.7 Å². The van der Waals surface area contributed by atoms with Gasteiger partial charge in [-0.15, -0.1) is 0 Å². The van der Waals surface area contributed by atoms with E-state index in [1.807, 2.05) is 49.8 Å². The molecule has 4 heterocycles. The molecular formula is C24H25N5O3. The summed E-state index contributed by atoms with van der Waals surface area (Å²) in [5.74, 6) is -0.309. The molecule has 0 aliphatic carbocycles. The van der Waals surface area contributed by atoms with E-state index < -0.39 is 0 Å². The second-order valence-electron chi connectivity index (χ2n) is 8.36. The number of likely N-dealkylation sites (N-methyl/N-ethyl adjacent to an activating group) is 1. The Morgan fingerprint density at radius 3 is 2.72 bits per heavy atom. The Labute approximate surface area is 185 Å². The van der Waals surface area contributed by atoms with E-state index in [0.29, 0.717) is 36.6 Å². The first-order valence-electron chi connectivity index (χ1n) is 10.6. The number of nitrogens with one attached hydrogen (secondary N) is 2. The third kappa shape index (κ3) is 3.23. The summed E-state index contributed by atoms with van der Waals surface area (Å²) in [6, 6.07) is 7.74. The number of rotatable bonds is 0. The number of H-pyrrole nitrogens is 1. The zero-order chi connectivity index (χ0) is 22.6. The SMILES string of the molecule is Cc1cc2c([nH]1)/C=C1\C(=O)Nc3ccc(cc31)-c1c(C)nn(C)c1COCCN(C)C2=O. The predicted molar refractivity (Wildman–Crippen MR) is 122 cm³/mol. The number of carbonyl (C=O) groups excluding carboxylic acids is 2. The van der Waals surface area contributed by atoms with E-state index in [1.165, 1.54) is 0 Å². The Hall–Kier alpha value is -3.65. The molecular weight excluding hydrogens is 406 g/mol. The second-order valence-corrected chi connectivity index (χ2v) is 8.36. The van der Waals surface area contributed by atoms with E-state index in [2.05, 4.69) is 15.4 Å². The third-order valence-electron chi connectivity index (χ3n) is 6.09. The van der Waals surface area contributed by atoms with Crippen LogP contribution in [0.1, 0.15) is 38.7 Å². The van der Waals surface area contributed by atoms with Crippen LogP contribution in [0.15, 0.2) is 24.3 Å². The lowest BCUT2D eigenvalue weighted by atomic mass is 9.97. The molecule has 1 aromatic carbocycles. The van der Waals surface area contributed by atoms with Gasteiger partial charge in [-0.3, -0.25) is 14.3 Å². The third-order valence-corrected chi connectivity index (χ3v) is 6.09. The first kappa shape index (κ1) is 20.3. The molecule has 0 radical (unpaired) electrons. The van der Waals surface area contributed by atoms with Gasteiger partial charge < -0.3 is 19.9 Å². The molecule has 0 saturated heterocycles. The van der Waals surface area contributed by atoms with Crippen LogP contribution in [0.4, 0.5) is 5.69 Å². The highest BCUT2D eigenvalue weighted by atomic mass is 16.5. The molecule has 2 bridgehead atoms. The molecule has 32 heavy (non-hydrogen) atoms. The highest BCUT2D eigenvalue weighted by molar-refractivity contribution is 6.35. The Bertz CT molecular complexity index is 1300. The van der Waals surface area contributed by atoms with Crippen LogP contribution in [0.2, 0.25) is 0 Å². The largest absolute Gasteiger partial charge is 0.373 e. The summed E-state index contributed by atoms with van der Waals surface area (Å²) in [5.41, 5.74) is 7.92. The molecule has 0 saturated carbocycles. The van der Waals surface area contributed by atoms with Gasteiger partial charge in [-0.1, -0.05) is 6.07 Å². The van der Waals surface area contributed by atoms with Gasteiger partial charge in [0.05, 0.1) is 41.4 Å². The van der Waals surface area contributed by atoms with Gasteiger partial charge in [0.25, 0.3) is 11.8 Å². The van der Waals surface area contributed by atoms with E-state index in [1.54, 1.807) is 18.0 Å². The smallest absolute Gasteiger partial charge is 0.256 e. The first-order valence-corrected chi connectivity index (χ1v) is 10.6. The number of fused-ring (bicyclic) bond motifs is 4. The Kier molecular flexibility index (Phi) is 4.74. The molecule has 2 aromatic heterocycles. The summed E-state index contributed by atoms with van der Waals surface area (Å²) < 4.78 is 7.78. The van der Waals surface area contributed by atoms with E-state index >= 15 is 0 Å². The number of amides is 2. The molecule has 5 rings (SSSR count). The standard InChI is InChI=1S/C24H25N5O3/c1-13-9-18-20(25-13)11-17-16-10-15(5-6-19(16)26-23(17)30)22-14(2)27-29(4)21(22)12-32-8-7-28(3)24(18)31/h5-6,9-11,25H,7-8,12H2,1-4H3,(H,26,30)/b17-11-. The number of aromatic amines is 1. The van der Waals surface area contributed by atoms with Crippen molar-refractivity contribution < 1.29 is 14.3 Å². The molecule has 3 aromatic rings. The molecule has 2 aliphatic heterocycles. The minimum Gasteiger partial charge on any atom is -0.373 e. The monoisotopic (exact) mass is 431 g/mol. The average molecular weight is 431 g/mol. The molecule has 164 valence electrons. The first-order chi connectivity index (χ1) is 15.3. The van der Waals surface area contributed by atoms with Crippen molar-refractivity contribution in [3.05, 3.63) is 58.2 Å². The summed E-state index contributed by atoms with van der Waals surface area (Å²) >= 11 is 0. The van der Waals surface area contributed by atoms with E-state index in [9.17, 15) is 9.59 Å². The summed E-state index contributed by atoms with van der Waals surface area (Å²) in [6.07, 6.45) is 1.77. The molecule has 0 atom stereocenters. The summed E-state index contributed by atoms with van der Waals surface area (Å²) in [7, 11) is 3.66. The van der Waals surface area contributed by atoms with Gasteiger partial charge in [0.2, 0.25) is 0 Å². The number of hydrogen-bond acceptors (Lipinski definition) is 4. The highest BCUT2D eigenvalue weighted by Gasteiger charge is 2.27. The van der Waals surface area contributed by atoms with E-state index in [0.717, 1.165) is 39.5 Å². The molecule has 2 amide bonds. The Morgan fingerprint density at radius 2 is 1.91 bits per heavy atom. The van der Waals surface area contributed by atoms with Crippen LogP contribution in [0, 0.1) is 13.8 Å². The van der Waals surface area contributed by atoms with Crippen molar-refractivity contribution in [3.63, 3.8) is 0 Å². The lowest BCUT2D eigenvalue weighted by molar-refractivity contribution is -0.110. The van der Waals surface area contributed by atoms with Crippen LogP contribution in [0.25, 0.3) is 22.8 Å². The predicted octanol–water partition coefficient (Wildman–Crippen LogP) is 3.13. The lowest BCUT2D eigenvalue weighted by Gasteiger charge is -2.17. The number of carbonyl (C=O) groups is 2. The summed E-state index contributed by atoms with van der Waals surface area (Å²) in [4.78, 5) is 30.8. The van der Waals surface area contributed by atoms with Crippen LogP contribution in [-0.2, 0) is 23.2 Å². The van der Waals surface area contributed by atoms with Crippen molar-refractivity contribution in [3.8, 4) is 11.1 Å². The van der Waals surface area contributed by atoms with Crippen LogP contribution in [0.3, 0.4) is 0 Å². The van der Waals surface area contributed by atoms with Crippen molar-refractivity contribution in [1.29, 1.82) is 0 Å². The minimum absolute atomic E-state index is 0.121. The molecule has 8 heteroatoms. The molecule has 0 unspecified atom stereocenters. The molecule has 2 N–H and O–H groups in total. The fraction of sp³-hybridized carbons (Fsp3) is 0.292. The molecule has 0 spiro atoms. The Morgan fingerprint density at radius 1 is 1.09 bits per heavy atom. The molecule has 2 aliphatic rings. The maximum absolute atomic E-state index is 13.1. The van der Waals surface area contributed by atoms with Crippen molar-refractivity contribution in [2.75, 3.05) is 25.5 Å². The van der Waals surface area contributed by atoms with E-state index in [-0.39, 0.29) is 11.8 Å². The van der Waals surface area contributed by atoms with Crippen molar-refractivity contribution in [1.82, 2.24) is 19.7 Å². The molecule has 0 fully saturated rings. The number of aromatic nitrogens is 3. The molecule has 8 nitrogen and oxygen atoms in total. The van der Waals surface area contributed by atoms with Crippen LogP contribution in [0.5, 0.6) is 0 Å². The lowest BCUT2D eigenvalue weighted by Crippen LogP contribution is -2.30. The Balaban J connectivity index is 1.73. The van der Waals surface area contributed by atoms with Crippen molar-refractivity contribution in [2.45, 2.75) is 20.5 Å². The normalized spacial score (nSPS) is 17.8. The van der Waals surface area contributed by atoms with Gasteiger partial charge in [-0.05, 0) is 43.7 Å². The van der Waals surface area contributed by atoms with Crippen LogP contribution < -0.4 is 5.32 Å². The van der Waals surface area contributed by atoms with Gasteiger partial charge in [0.1, 0.15) is 0 Å². The number of hydrogen-bond donors (Lipinski definition) is 2. The highest BCUT2D eigenvalue weighted by Crippen LogP contribution is 2.38. The second kappa shape index (κ2) is 7.49. The number of ether oxygens (including phenoxy) is 1. The van der Waals surface area contributed by atoms with Crippen LogP contribution >= 0.6 is 0 Å².